The van der Waals surface area contributed by atoms with E-state index in [2.05, 4.69) is 10.2 Å². The maximum absolute atomic E-state index is 12.7. The number of carbonyl (C=O) groups is 2. The predicted molar refractivity (Wildman–Crippen MR) is 99.9 cm³/mol. The van der Waals surface area contributed by atoms with E-state index >= 15 is 0 Å². The zero-order chi connectivity index (χ0) is 18.7. The van der Waals surface area contributed by atoms with Gasteiger partial charge in [0, 0.05) is 19.0 Å². The van der Waals surface area contributed by atoms with E-state index in [0.29, 0.717) is 31.1 Å². The molecule has 26 heavy (non-hydrogen) atoms. The maximum Gasteiger partial charge on any atom is 0.235 e. The highest BCUT2D eigenvalue weighted by atomic mass is 32.2. The van der Waals surface area contributed by atoms with Gasteiger partial charge in [-0.05, 0) is 38.3 Å². The topological polar surface area (TPSA) is 94.1 Å². The fraction of sp³-hybridized carbons (Fsp3) is 0.444. The van der Waals surface area contributed by atoms with E-state index in [1.165, 1.54) is 11.8 Å². The number of carbonyl (C=O) groups excluding carboxylic acids is 2. The lowest BCUT2D eigenvalue weighted by Crippen LogP contribution is -2.44. The third kappa shape index (κ3) is 3.90. The molecule has 0 radical (unpaired) electrons. The molecule has 0 bridgehead atoms. The number of benzene rings is 1. The molecule has 2 aromatic rings. The van der Waals surface area contributed by atoms with Crippen LogP contribution in [-0.4, -0.2) is 49.8 Å². The van der Waals surface area contributed by atoms with Crippen LogP contribution in [-0.2, 0) is 9.59 Å². The van der Waals surface area contributed by atoms with Crippen LogP contribution in [0.25, 0.3) is 5.69 Å². The number of piperidine rings is 1. The van der Waals surface area contributed by atoms with E-state index in [1.807, 2.05) is 47.6 Å². The summed E-state index contributed by atoms with van der Waals surface area (Å²) in [5.41, 5.74) is 7.47. The summed E-state index contributed by atoms with van der Waals surface area (Å²) >= 11 is 1.40. The number of aromatic nitrogens is 3. The molecule has 2 heterocycles. The van der Waals surface area contributed by atoms with Crippen molar-refractivity contribution in [3.63, 3.8) is 0 Å². The Bertz CT molecular complexity index is 798. The molecule has 2 amide bonds. The molecule has 1 aromatic carbocycles. The highest BCUT2D eigenvalue weighted by Crippen LogP contribution is 2.27. The van der Waals surface area contributed by atoms with Gasteiger partial charge >= 0.3 is 0 Å². The van der Waals surface area contributed by atoms with Crippen molar-refractivity contribution in [3.8, 4) is 5.69 Å². The number of hydrogen-bond donors (Lipinski definition) is 1. The number of likely N-dealkylation sites (tertiary alicyclic amines) is 1. The van der Waals surface area contributed by atoms with Crippen LogP contribution in [0.15, 0.2) is 35.7 Å². The van der Waals surface area contributed by atoms with Gasteiger partial charge in [-0.1, -0.05) is 30.0 Å². The lowest BCUT2D eigenvalue weighted by molar-refractivity contribution is -0.134. The summed E-state index contributed by atoms with van der Waals surface area (Å²) in [7, 11) is 0. The molecule has 1 aliphatic heterocycles. The molecule has 1 unspecified atom stereocenters. The third-order valence-electron chi connectivity index (χ3n) is 4.73. The van der Waals surface area contributed by atoms with E-state index in [-0.39, 0.29) is 23.0 Å². The van der Waals surface area contributed by atoms with E-state index in [0.717, 1.165) is 11.3 Å². The number of thioether (sulfide) groups is 1. The standard InChI is InChI=1S/C18H23N5O2S/c1-12-5-3-4-6-15(12)23-11-20-21-18(23)26-13(2)17(25)22-9-7-14(8-10-22)16(19)24/h3-6,11,13-14H,7-10H2,1-2H3,(H2,19,24). The molecule has 8 heteroatoms. The summed E-state index contributed by atoms with van der Waals surface area (Å²) in [5.74, 6) is -0.339. The Morgan fingerprint density at radius 3 is 2.62 bits per heavy atom. The van der Waals surface area contributed by atoms with E-state index < -0.39 is 0 Å². The first-order valence-corrected chi connectivity index (χ1v) is 9.56. The van der Waals surface area contributed by atoms with Gasteiger partial charge in [-0.25, -0.2) is 0 Å². The maximum atomic E-state index is 12.7. The van der Waals surface area contributed by atoms with Crippen molar-refractivity contribution in [1.29, 1.82) is 0 Å². The number of nitrogens with zero attached hydrogens (tertiary/aromatic N) is 4. The number of primary amides is 1. The Kier molecular flexibility index (Phi) is 5.61. The minimum atomic E-state index is -0.285. The minimum Gasteiger partial charge on any atom is -0.369 e. The summed E-state index contributed by atoms with van der Waals surface area (Å²) in [5, 5.41) is 8.59. The fourth-order valence-electron chi connectivity index (χ4n) is 3.15. The molecule has 7 nitrogen and oxygen atoms in total. The first-order valence-electron chi connectivity index (χ1n) is 8.68. The Hall–Kier alpha value is -2.35. The van der Waals surface area contributed by atoms with E-state index in [9.17, 15) is 9.59 Å². The minimum absolute atomic E-state index is 0.0530. The molecule has 1 aliphatic rings. The Morgan fingerprint density at radius 1 is 1.27 bits per heavy atom. The van der Waals surface area contributed by atoms with E-state index in [4.69, 9.17) is 5.73 Å². The molecule has 1 saturated heterocycles. The predicted octanol–water partition coefficient (Wildman–Crippen LogP) is 1.78. The SMILES string of the molecule is Cc1ccccc1-n1cnnc1SC(C)C(=O)N1CCC(C(N)=O)CC1. The molecule has 3 rings (SSSR count). The summed E-state index contributed by atoms with van der Waals surface area (Å²) in [6.45, 7) is 5.05. The third-order valence-corrected chi connectivity index (χ3v) is 5.77. The van der Waals surface area contributed by atoms with Crippen molar-refractivity contribution in [2.45, 2.75) is 37.1 Å². The number of hydrogen-bond acceptors (Lipinski definition) is 5. The van der Waals surface area contributed by atoms with E-state index in [1.54, 1.807) is 6.33 Å². The van der Waals surface area contributed by atoms with Crippen LogP contribution in [0.4, 0.5) is 0 Å². The normalized spacial score (nSPS) is 16.5. The van der Waals surface area contributed by atoms with Gasteiger partial charge in [0.15, 0.2) is 5.16 Å². The molecular formula is C18H23N5O2S. The summed E-state index contributed by atoms with van der Waals surface area (Å²) in [6, 6.07) is 7.98. The second-order valence-electron chi connectivity index (χ2n) is 6.53. The van der Waals surface area contributed by atoms with Crippen molar-refractivity contribution in [1.82, 2.24) is 19.7 Å². The van der Waals surface area contributed by atoms with Gasteiger partial charge in [0.05, 0.1) is 10.9 Å². The van der Waals surface area contributed by atoms with Gasteiger partial charge in [-0.15, -0.1) is 10.2 Å². The molecule has 2 N–H and O–H groups in total. The zero-order valence-corrected chi connectivity index (χ0v) is 15.8. The molecule has 1 fully saturated rings. The number of rotatable bonds is 5. The van der Waals surface area contributed by atoms with Gasteiger partial charge in [0.2, 0.25) is 11.8 Å². The van der Waals surface area contributed by atoms with Crippen LogP contribution in [0.5, 0.6) is 0 Å². The fourth-order valence-corrected chi connectivity index (χ4v) is 4.07. The molecule has 1 aromatic heterocycles. The van der Waals surface area contributed by atoms with Crippen LogP contribution >= 0.6 is 11.8 Å². The van der Waals surface area contributed by atoms with Gasteiger partial charge in [-0.2, -0.15) is 0 Å². The quantitative estimate of drug-likeness (QED) is 0.806. The average Bonchev–Trinajstić information content (AvgIpc) is 3.09. The van der Waals surface area contributed by atoms with Crippen molar-refractivity contribution in [2.75, 3.05) is 13.1 Å². The van der Waals surface area contributed by atoms with Crippen molar-refractivity contribution < 1.29 is 9.59 Å². The Morgan fingerprint density at radius 2 is 1.96 bits per heavy atom. The van der Waals surface area contributed by atoms with Crippen molar-refractivity contribution >= 4 is 23.6 Å². The second-order valence-corrected chi connectivity index (χ2v) is 7.84. The molecule has 138 valence electrons. The number of aryl methyl sites for hydroxylation is 1. The van der Waals surface area contributed by atoms with Gasteiger partial charge in [0.1, 0.15) is 6.33 Å². The summed E-state index contributed by atoms with van der Waals surface area (Å²) in [4.78, 5) is 25.8. The largest absolute Gasteiger partial charge is 0.369 e. The summed E-state index contributed by atoms with van der Waals surface area (Å²) in [6.07, 6.45) is 2.94. The Labute approximate surface area is 157 Å². The average molecular weight is 373 g/mol. The Balaban J connectivity index is 1.67. The first-order chi connectivity index (χ1) is 12.5. The molecule has 0 saturated carbocycles. The smallest absolute Gasteiger partial charge is 0.235 e. The number of nitrogens with two attached hydrogens (primary N) is 1. The molecule has 1 atom stereocenters. The van der Waals surface area contributed by atoms with Crippen molar-refractivity contribution in [3.05, 3.63) is 36.2 Å². The van der Waals surface area contributed by atoms with Crippen LogP contribution < -0.4 is 5.73 Å². The lowest BCUT2D eigenvalue weighted by Gasteiger charge is -2.32. The lowest BCUT2D eigenvalue weighted by atomic mass is 9.96. The molecule has 0 spiro atoms. The number of amides is 2. The van der Waals surface area contributed by atoms with Crippen LogP contribution in [0.1, 0.15) is 25.3 Å². The molecular weight excluding hydrogens is 350 g/mol. The monoisotopic (exact) mass is 373 g/mol. The van der Waals surface area contributed by atoms with Crippen LogP contribution in [0.2, 0.25) is 0 Å². The number of para-hydroxylation sites is 1. The second kappa shape index (κ2) is 7.90. The summed E-state index contributed by atoms with van der Waals surface area (Å²) < 4.78 is 1.91. The first kappa shape index (κ1) is 18.4. The highest BCUT2D eigenvalue weighted by molar-refractivity contribution is 8.00. The zero-order valence-electron chi connectivity index (χ0n) is 15.0. The van der Waals surface area contributed by atoms with Crippen molar-refractivity contribution in [2.24, 2.45) is 11.7 Å². The van der Waals surface area contributed by atoms with Gasteiger partial charge in [0.25, 0.3) is 0 Å². The van der Waals surface area contributed by atoms with Gasteiger partial charge < -0.3 is 10.6 Å². The van der Waals surface area contributed by atoms with Gasteiger partial charge in [-0.3, -0.25) is 14.2 Å². The molecule has 0 aliphatic carbocycles. The van der Waals surface area contributed by atoms with Crippen LogP contribution in [0.3, 0.4) is 0 Å². The van der Waals surface area contributed by atoms with Crippen LogP contribution in [0, 0.1) is 12.8 Å². The highest BCUT2D eigenvalue weighted by Gasteiger charge is 2.29.